The second kappa shape index (κ2) is 5.61. The molecule has 0 atom stereocenters. The summed E-state index contributed by atoms with van der Waals surface area (Å²) in [6.07, 6.45) is 5.09. The molecular formula is C19H21N3O. The maximum Gasteiger partial charge on any atom is 0.154 e. The lowest BCUT2D eigenvalue weighted by Gasteiger charge is -2.12. The highest BCUT2D eigenvalue weighted by atomic mass is 16.3. The quantitative estimate of drug-likeness (QED) is 0.758. The third-order valence-corrected chi connectivity index (χ3v) is 4.48. The summed E-state index contributed by atoms with van der Waals surface area (Å²) < 4.78 is 7.68. The van der Waals surface area contributed by atoms with Crippen LogP contribution >= 0.6 is 0 Å². The molecule has 0 unspecified atom stereocenters. The zero-order valence-corrected chi connectivity index (χ0v) is 13.6. The van der Waals surface area contributed by atoms with E-state index in [-0.39, 0.29) is 0 Å². The van der Waals surface area contributed by atoms with Crippen molar-refractivity contribution in [2.45, 2.75) is 33.1 Å². The average molecular weight is 307 g/mol. The summed E-state index contributed by atoms with van der Waals surface area (Å²) in [5.74, 6) is 1.96. The van der Waals surface area contributed by atoms with Gasteiger partial charge < -0.3 is 9.73 Å². The van der Waals surface area contributed by atoms with Crippen molar-refractivity contribution in [1.29, 1.82) is 0 Å². The minimum Gasteiger partial charge on any atom is -0.463 e. The maximum atomic E-state index is 5.63. The number of aromatic nitrogens is 2. The van der Waals surface area contributed by atoms with Crippen molar-refractivity contribution >= 4 is 5.82 Å². The Balaban J connectivity index is 1.95. The Morgan fingerprint density at radius 1 is 1.17 bits per heavy atom. The summed E-state index contributed by atoms with van der Waals surface area (Å²) in [7, 11) is 0. The molecule has 4 rings (SSSR count). The standard InChI is InChI=1S/C19H21N3O/c1-13-8-9-14(2)16(12-13)22-19-15(6-3-4-10-20-19)18(21-22)17-7-5-11-23-17/h5,7-9,11-12,20H,3-4,6,10H2,1-2H3. The van der Waals surface area contributed by atoms with Crippen LogP contribution in [0.1, 0.15) is 29.5 Å². The molecule has 1 aliphatic heterocycles. The van der Waals surface area contributed by atoms with E-state index in [1.54, 1.807) is 6.26 Å². The SMILES string of the molecule is Cc1ccc(C)c(-n2nc(-c3ccco3)c3c2NCCCC3)c1. The number of benzene rings is 1. The zero-order valence-electron chi connectivity index (χ0n) is 13.6. The second-order valence-corrected chi connectivity index (χ2v) is 6.24. The first-order chi connectivity index (χ1) is 11.2. The molecule has 1 aliphatic rings. The summed E-state index contributed by atoms with van der Waals surface area (Å²) in [6, 6.07) is 10.4. The molecule has 4 nitrogen and oxygen atoms in total. The van der Waals surface area contributed by atoms with Gasteiger partial charge in [0.25, 0.3) is 0 Å². The van der Waals surface area contributed by atoms with Crippen LogP contribution in [0.25, 0.3) is 17.1 Å². The van der Waals surface area contributed by atoms with Crippen molar-refractivity contribution in [2.24, 2.45) is 0 Å². The fourth-order valence-corrected chi connectivity index (χ4v) is 3.24. The molecule has 118 valence electrons. The number of anilines is 1. The molecule has 0 radical (unpaired) electrons. The van der Waals surface area contributed by atoms with Crippen LogP contribution in [0.4, 0.5) is 5.82 Å². The highest BCUT2D eigenvalue weighted by Crippen LogP contribution is 2.34. The summed E-state index contributed by atoms with van der Waals surface area (Å²) in [5.41, 5.74) is 5.81. The van der Waals surface area contributed by atoms with Gasteiger partial charge in [-0.05, 0) is 62.4 Å². The van der Waals surface area contributed by atoms with Crippen LogP contribution in [0.2, 0.25) is 0 Å². The molecule has 1 aromatic carbocycles. The van der Waals surface area contributed by atoms with Crippen molar-refractivity contribution in [3.8, 4) is 17.1 Å². The van der Waals surface area contributed by atoms with Crippen molar-refractivity contribution in [2.75, 3.05) is 11.9 Å². The van der Waals surface area contributed by atoms with Gasteiger partial charge in [-0.3, -0.25) is 0 Å². The van der Waals surface area contributed by atoms with Gasteiger partial charge in [-0.1, -0.05) is 12.1 Å². The normalized spacial score (nSPS) is 14.2. The molecule has 0 fully saturated rings. The van der Waals surface area contributed by atoms with E-state index in [4.69, 9.17) is 9.52 Å². The largest absolute Gasteiger partial charge is 0.463 e. The lowest BCUT2D eigenvalue weighted by atomic mass is 10.1. The topological polar surface area (TPSA) is 43.0 Å². The van der Waals surface area contributed by atoms with E-state index in [9.17, 15) is 0 Å². The van der Waals surface area contributed by atoms with Crippen LogP contribution in [-0.2, 0) is 6.42 Å². The monoisotopic (exact) mass is 307 g/mol. The number of hydrogen-bond acceptors (Lipinski definition) is 3. The fraction of sp³-hybridized carbons (Fsp3) is 0.316. The minimum atomic E-state index is 0.842. The zero-order chi connectivity index (χ0) is 15.8. The molecule has 23 heavy (non-hydrogen) atoms. The highest BCUT2D eigenvalue weighted by molar-refractivity contribution is 5.68. The van der Waals surface area contributed by atoms with E-state index in [1.807, 2.05) is 12.1 Å². The van der Waals surface area contributed by atoms with Gasteiger partial charge in [0.1, 0.15) is 11.5 Å². The first-order valence-corrected chi connectivity index (χ1v) is 8.21. The molecule has 3 aromatic rings. The molecule has 0 saturated heterocycles. The van der Waals surface area contributed by atoms with Crippen LogP contribution in [-0.4, -0.2) is 16.3 Å². The number of nitrogens with zero attached hydrogens (tertiary/aromatic N) is 2. The Hall–Kier alpha value is -2.49. The number of rotatable bonds is 2. The van der Waals surface area contributed by atoms with Crippen molar-refractivity contribution in [3.05, 3.63) is 53.3 Å². The molecule has 3 heterocycles. The number of fused-ring (bicyclic) bond motifs is 1. The van der Waals surface area contributed by atoms with E-state index in [0.29, 0.717) is 0 Å². The lowest BCUT2D eigenvalue weighted by Crippen LogP contribution is -2.08. The Morgan fingerprint density at radius 3 is 2.91 bits per heavy atom. The van der Waals surface area contributed by atoms with E-state index in [0.717, 1.165) is 35.9 Å². The van der Waals surface area contributed by atoms with E-state index in [1.165, 1.54) is 29.5 Å². The van der Waals surface area contributed by atoms with Gasteiger partial charge in [-0.2, -0.15) is 5.10 Å². The predicted molar refractivity (Wildman–Crippen MR) is 92.2 cm³/mol. The smallest absolute Gasteiger partial charge is 0.154 e. The number of nitrogens with one attached hydrogen (secondary N) is 1. The summed E-state index contributed by atoms with van der Waals surface area (Å²) in [6.45, 7) is 5.24. The van der Waals surface area contributed by atoms with Gasteiger partial charge in [0.2, 0.25) is 0 Å². The molecule has 0 saturated carbocycles. The van der Waals surface area contributed by atoms with Crippen LogP contribution in [0.15, 0.2) is 41.0 Å². The van der Waals surface area contributed by atoms with Crippen molar-refractivity contribution in [1.82, 2.24) is 9.78 Å². The molecule has 0 aliphatic carbocycles. The second-order valence-electron chi connectivity index (χ2n) is 6.24. The lowest BCUT2D eigenvalue weighted by molar-refractivity contribution is 0.578. The van der Waals surface area contributed by atoms with Crippen LogP contribution in [0.3, 0.4) is 0 Å². The van der Waals surface area contributed by atoms with Crippen LogP contribution in [0.5, 0.6) is 0 Å². The third-order valence-electron chi connectivity index (χ3n) is 4.48. The Kier molecular flexibility index (Phi) is 3.45. The Bertz CT molecular complexity index is 831. The van der Waals surface area contributed by atoms with E-state index < -0.39 is 0 Å². The average Bonchev–Trinajstić information content (AvgIpc) is 3.12. The van der Waals surface area contributed by atoms with Crippen LogP contribution < -0.4 is 5.32 Å². The summed E-state index contributed by atoms with van der Waals surface area (Å²) in [4.78, 5) is 0. The van der Waals surface area contributed by atoms with Crippen molar-refractivity contribution < 1.29 is 4.42 Å². The fourth-order valence-electron chi connectivity index (χ4n) is 3.24. The maximum absolute atomic E-state index is 5.63. The van der Waals surface area contributed by atoms with Gasteiger partial charge in [0.05, 0.1) is 12.0 Å². The summed E-state index contributed by atoms with van der Waals surface area (Å²) >= 11 is 0. The first-order valence-electron chi connectivity index (χ1n) is 8.21. The Morgan fingerprint density at radius 2 is 2.09 bits per heavy atom. The molecule has 0 bridgehead atoms. The molecule has 4 heteroatoms. The molecule has 0 amide bonds. The molecule has 0 spiro atoms. The van der Waals surface area contributed by atoms with Gasteiger partial charge in [0.15, 0.2) is 5.76 Å². The Labute approximate surface area is 136 Å². The molecular weight excluding hydrogens is 286 g/mol. The van der Waals surface area contributed by atoms with Crippen molar-refractivity contribution in [3.63, 3.8) is 0 Å². The first kappa shape index (κ1) is 14.1. The predicted octanol–water partition coefficient (Wildman–Crippen LogP) is 4.50. The minimum absolute atomic E-state index is 0.842. The van der Waals surface area contributed by atoms with Crippen LogP contribution in [0, 0.1) is 13.8 Å². The number of aryl methyl sites for hydroxylation is 2. The molecule has 1 N–H and O–H groups in total. The van der Waals surface area contributed by atoms with E-state index >= 15 is 0 Å². The third kappa shape index (κ3) is 2.44. The van der Waals surface area contributed by atoms with Gasteiger partial charge in [0, 0.05) is 12.1 Å². The number of hydrogen-bond donors (Lipinski definition) is 1. The van der Waals surface area contributed by atoms with Gasteiger partial charge >= 0.3 is 0 Å². The number of furan rings is 1. The van der Waals surface area contributed by atoms with E-state index in [2.05, 4.69) is 42.0 Å². The van der Waals surface area contributed by atoms with Gasteiger partial charge in [-0.25, -0.2) is 4.68 Å². The highest BCUT2D eigenvalue weighted by Gasteiger charge is 2.23. The summed E-state index contributed by atoms with van der Waals surface area (Å²) in [5, 5.41) is 8.49. The van der Waals surface area contributed by atoms with Gasteiger partial charge in [-0.15, -0.1) is 0 Å². The molecule has 2 aromatic heterocycles.